The van der Waals surface area contributed by atoms with Crippen LogP contribution in [0, 0.1) is 5.92 Å². The van der Waals surface area contributed by atoms with Crippen LogP contribution in [0.2, 0.25) is 0 Å². The van der Waals surface area contributed by atoms with E-state index in [0.29, 0.717) is 18.9 Å². The van der Waals surface area contributed by atoms with Crippen molar-refractivity contribution in [3.05, 3.63) is 35.9 Å². The first kappa shape index (κ1) is 15.5. The van der Waals surface area contributed by atoms with Crippen LogP contribution < -0.4 is 10.6 Å². The third kappa shape index (κ3) is 2.93. The Morgan fingerprint density at radius 3 is 2.61 bits per heavy atom. The van der Waals surface area contributed by atoms with Crippen molar-refractivity contribution in [2.24, 2.45) is 5.92 Å². The number of amides is 4. The van der Waals surface area contributed by atoms with Crippen LogP contribution in [0.25, 0.3) is 0 Å². The molecule has 1 aromatic carbocycles. The number of carbonyl (C=O) groups excluding carboxylic acids is 3. The lowest BCUT2D eigenvalue weighted by atomic mass is 9.87. The average Bonchev–Trinajstić information content (AvgIpc) is 3.36. The molecule has 0 radical (unpaired) electrons. The van der Waals surface area contributed by atoms with Crippen LogP contribution in [0.5, 0.6) is 0 Å². The second-order valence-electron chi connectivity index (χ2n) is 6.19. The van der Waals surface area contributed by atoms with E-state index >= 15 is 0 Å². The van der Waals surface area contributed by atoms with Gasteiger partial charge in [0.15, 0.2) is 0 Å². The summed E-state index contributed by atoms with van der Waals surface area (Å²) in [7, 11) is 0. The highest BCUT2D eigenvalue weighted by atomic mass is 16.2. The Kier molecular flexibility index (Phi) is 4.07. The molecule has 1 aromatic rings. The summed E-state index contributed by atoms with van der Waals surface area (Å²) in [6.45, 7) is 2.24. The number of benzene rings is 1. The Morgan fingerprint density at radius 1 is 1.30 bits per heavy atom. The first-order chi connectivity index (χ1) is 11.1. The van der Waals surface area contributed by atoms with Crippen LogP contribution >= 0.6 is 0 Å². The third-order valence-electron chi connectivity index (χ3n) is 4.56. The number of hydrogen-bond acceptors (Lipinski definition) is 3. The van der Waals surface area contributed by atoms with Crippen molar-refractivity contribution in [2.75, 3.05) is 13.1 Å². The lowest BCUT2D eigenvalue weighted by Gasteiger charge is -2.25. The van der Waals surface area contributed by atoms with E-state index in [1.807, 2.05) is 37.3 Å². The maximum atomic E-state index is 12.8. The summed E-state index contributed by atoms with van der Waals surface area (Å²) in [4.78, 5) is 38.0. The van der Waals surface area contributed by atoms with Crippen molar-refractivity contribution < 1.29 is 14.4 Å². The minimum absolute atomic E-state index is 0.230. The van der Waals surface area contributed by atoms with Crippen molar-refractivity contribution >= 4 is 17.8 Å². The van der Waals surface area contributed by atoms with Crippen LogP contribution in [0.15, 0.2) is 30.3 Å². The molecule has 122 valence electrons. The molecule has 6 nitrogen and oxygen atoms in total. The Bertz CT molecular complexity index is 627. The Balaban J connectivity index is 1.74. The molecule has 0 unspecified atom stereocenters. The quantitative estimate of drug-likeness (QED) is 0.778. The summed E-state index contributed by atoms with van der Waals surface area (Å²) in [5, 5.41) is 5.56. The molecule has 6 heteroatoms. The van der Waals surface area contributed by atoms with Gasteiger partial charge in [-0.05, 0) is 30.7 Å². The normalized spacial score (nSPS) is 23.8. The fourth-order valence-corrected chi connectivity index (χ4v) is 2.91. The van der Waals surface area contributed by atoms with Gasteiger partial charge in [-0.3, -0.25) is 14.5 Å². The molecule has 3 rings (SSSR count). The van der Waals surface area contributed by atoms with E-state index in [-0.39, 0.29) is 18.4 Å². The molecule has 0 aromatic heterocycles. The van der Waals surface area contributed by atoms with Crippen LogP contribution in [0.1, 0.15) is 31.7 Å². The summed E-state index contributed by atoms with van der Waals surface area (Å²) in [6.07, 6.45) is 2.70. The molecule has 1 aliphatic heterocycles. The second kappa shape index (κ2) is 6.02. The lowest BCUT2D eigenvalue weighted by molar-refractivity contribution is -0.135. The van der Waals surface area contributed by atoms with Crippen molar-refractivity contribution in [1.82, 2.24) is 15.5 Å². The lowest BCUT2D eigenvalue weighted by Crippen LogP contribution is -2.45. The summed E-state index contributed by atoms with van der Waals surface area (Å²) >= 11 is 0. The standard InChI is InChI=1S/C17H21N3O3/c1-2-17(13-6-4-3-5-7-13)15(22)20(16(23)19-17)11-14(21)18-10-12-8-9-12/h3-7,12H,2,8-11H2,1H3,(H,18,21)(H,19,23)/t17-/m0/s1. The molecule has 1 heterocycles. The molecular formula is C17H21N3O3. The van der Waals surface area contributed by atoms with Gasteiger partial charge in [-0.1, -0.05) is 37.3 Å². The number of nitrogens with one attached hydrogen (secondary N) is 2. The number of rotatable bonds is 6. The smallest absolute Gasteiger partial charge is 0.325 e. The summed E-state index contributed by atoms with van der Waals surface area (Å²) in [5.74, 6) is -0.0979. The Morgan fingerprint density at radius 2 is 2.00 bits per heavy atom. The van der Waals surface area contributed by atoms with Gasteiger partial charge in [-0.2, -0.15) is 0 Å². The van der Waals surface area contributed by atoms with Gasteiger partial charge in [-0.15, -0.1) is 0 Å². The van der Waals surface area contributed by atoms with E-state index in [9.17, 15) is 14.4 Å². The number of carbonyl (C=O) groups is 3. The maximum absolute atomic E-state index is 12.8. The largest absolute Gasteiger partial charge is 0.354 e. The van der Waals surface area contributed by atoms with Crippen LogP contribution in [-0.4, -0.2) is 35.8 Å². The first-order valence-corrected chi connectivity index (χ1v) is 8.03. The fourth-order valence-electron chi connectivity index (χ4n) is 2.91. The van der Waals surface area contributed by atoms with E-state index in [0.717, 1.165) is 23.3 Å². The minimum Gasteiger partial charge on any atom is -0.354 e. The Hall–Kier alpha value is -2.37. The van der Waals surface area contributed by atoms with Gasteiger partial charge in [-0.25, -0.2) is 4.79 Å². The molecule has 1 saturated heterocycles. The zero-order valence-corrected chi connectivity index (χ0v) is 13.2. The van der Waals surface area contributed by atoms with Gasteiger partial charge in [0.1, 0.15) is 12.1 Å². The average molecular weight is 315 g/mol. The van der Waals surface area contributed by atoms with Gasteiger partial charge in [0.25, 0.3) is 5.91 Å². The van der Waals surface area contributed by atoms with Crippen molar-refractivity contribution in [2.45, 2.75) is 31.7 Å². The molecule has 2 aliphatic rings. The van der Waals surface area contributed by atoms with Gasteiger partial charge in [0, 0.05) is 6.54 Å². The van der Waals surface area contributed by atoms with Crippen molar-refractivity contribution in [3.63, 3.8) is 0 Å². The maximum Gasteiger partial charge on any atom is 0.325 e. The number of nitrogens with zero attached hydrogens (tertiary/aromatic N) is 1. The molecule has 0 spiro atoms. The monoisotopic (exact) mass is 315 g/mol. The highest BCUT2D eigenvalue weighted by Crippen LogP contribution is 2.32. The SMILES string of the molecule is CC[C@@]1(c2ccccc2)NC(=O)N(CC(=O)NCC2CC2)C1=O. The number of urea groups is 1. The molecule has 4 amide bonds. The predicted molar refractivity (Wildman–Crippen MR) is 84.4 cm³/mol. The molecule has 23 heavy (non-hydrogen) atoms. The van der Waals surface area contributed by atoms with Crippen LogP contribution in [0.4, 0.5) is 4.79 Å². The van der Waals surface area contributed by atoms with E-state index in [4.69, 9.17) is 0 Å². The van der Waals surface area contributed by atoms with Crippen molar-refractivity contribution in [3.8, 4) is 0 Å². The highest BCUT2D eigenvalue weighted by Gasteiger charge is 2.51. The summed E-state index contributed by atoms with van der Waals surface area (Å²) < 4.78 is 0. The molecule has 1 saturated carbocycles. The van der Waals surface area contributed by atoms with Crippen LogP contribution in [-0.2, 0) is 15.1 Å². The van der Waals surface area contributed by atoms with E-state index in [2.05, 4.69) is 10.6 Å². The molecular weight excluding hydrogens is 294 g/mol. The van der Waals surface area contributed by atoms with Crippen molar-refractivity contribution in [1.29, 1.82) is 0 Å². The molecule has 1 aliphatic carbocycles. The summed E-state index contributed by atoms with van der Waals surface area (Å²) in [5.41, 5.74) is -0.337. The number of hydrogen-bond donors (Lipinski definition) is 2. The van der Waals surface area contributed by atoms with E-state index in [1.54, 1.807) is 0 Å². The van der Waals surface area contributed by atoms with Gasteiger partial charge in [0.2, 0.25) is 5.91 Å². The zero-order valence-electron chi connectivity index (χ0n) is 13.2. The molecule has 0 bridgehead atoms. The second-order valence-corrected chi connectivity index (χ2v) is 6.19. The molecule has 2 fully saturated rings. The van der Waals surface area contributed by atoms with Gasteiger partial charge in [0.05, 0.1) is 0 Å². The van der Waals surface area contributed by atoms with Crippen LogP contribution in [0.3, 0.4) is 0 Å². The Labute approximate surface area is 135 Å². The van der Waals surface area contributed by atoms with Gasteiger partial charge < -0.3 is 10.6 Å². The zero-order chi connectivity index (χ0) is 16.4. The topological polar surface area (TPSA) is 78.5 Å². The first-order valence-electron chi connectivity index (χ1n) is 8.03. The third-order valence-corrected chi connectivity index (χ3v) is 4.56. The van der Waals surface area contributed by atoms with Gasteiger partial charge >= 0.3 is 6.03 Å². The fraction of sp³-hybridized carbons (Fsp3) is 0.471. The van der Waals surface area contributed by atoms with E-state index in [1.165, 1.54) is 0 Å². The minimum atomic E-state index is -1.07. The molecule has 2 N–H and O–H groups in total. The van der Waals surface area contributed by atoms with E-state index < -0.39 is 11.6 Å². The predicted octanol–water partition coefficient (Wildman–Crippen LogP) is 1.37. The number of imide groups is 1. The molecule has 1 atom stereocenters. The highest BCUT2D eigenvalue weighted by molar-refractivity contribution is 6.09. The summed E-state index contributed by atoms with van der Waals surface area (Å²) in [6, 6.07) is 8.64.